The van der Waals surface area contributed by atoms with E-state index in [9.17, 15) is 4.79 Å². The predicted octanol–water partition coefficient (Wildman–Crippen LogP) is 4.90. The molecule has 10 fully saturated rings. The number of fused-ring (bicyclic) bond motifs is 10. The summed E-state index contributed by atoms with van der Waals surface area (Å²) in [6.07, 6.45) is 4.50. The van der Waals surface area contributed by atoms with Crippen LogP contribution in [0.1, 0.15) is 33.1 Å². The predicted molar refractivity (Wildman–Crippen MR) is 65.6 cm³/mol. The molecule has 10 aliphatic heterocycles. The molecule has 18 heavy (non-hydrogen) atoms. The zero-order chi connectivity index (χ0) is 11.6. The first-order chi connectivity index (χ1) is 8.44. The summed E-state index contributed by atoms with van der Waals surface area (Å²) in [7, 11) is -3.51. The van der Waals surface area contributed by atoms with E-state index in [1.807, 2.05) is 6.92 Å². The summed E-state index contributed by atoms with van der Waals surface area (Å²) < 4.78 is 11.8. The Labute approximate surface area is 95.4 Å². The third-order valence-electron chi connectivity index (χ3n) is 16.6. The van der Waals surface area contributed by atoms with Crippen molar-refractivity contribution in [2.45, 2.75) is 77.2 Å². The van der Waals surface area contributed by atoms with Gasteiger partial charge in [0.15, 0.2) is 0 Å². The van der Waals surface area contributed by atoms with Crippen molar-refractivity contribution in [1.82, 2.24) is 0 Å². The summed E-state index contributed by atoms with van der Waals surface area (Å²) in [6, 6.07) is 0. The van der Waals surface area contributed by atoms with Gasteiger partial charge < -0.3 is 0 Å². The van der Waals surface area contributed by atoms with Gasteiger partial charge in [0.25, 0.3) is 0 Å². The molecule has 8 unspecified atom stereocenters. The second-order valence-corrected chi connectivity index (χ2v) is 48.3. The van der Waals surface area contributed by atoms with Crippen LogP contribution in [-0.4, -0.2) is 5.78 Å². The van der Waals surface area contributed by atoms with Gasteiger partial charge in [0.1, 0.15) is 0 Å². The zero-order valence-corrected chi connectivity index (χ0v) is 12.7. The monoisotopic (exact) mass is 330 g/mol. The molecular formula is C16H20ORu. The van der Waals surface area contributed by atoms with Crippen LogP contribution < -0.4 is 0 Å². The SMILES string of the molecule is CCCC[C]12[CH]3[CH]4[CH]5[CH]1[Ru]45321678[CH]2[CH]1[CH]6[C]7(C(C)=O)[CH]28. The molecule has 0 amide bonds. The summed E-state index contributed by atoms with van der Waals surface area (Å²) in [5, 5.41) is 0. The summed E-state index contributed by atoms with van der Waals surface area (Å²) in [4.78, 5) is 12.7. The topological polar surface area (TPSA) is 17.1 Å². The molecule has 8 atom stereocenters. The number of carbonyl (C=O) groups is 1. The van der Waals surface area contributed by atoms with Crippen molar-refractivity contribution in [2.24, 2.45) is 0 Å². The molecule has 0 bridgehead atoms. The molecule has 0 aromatic rings. The molecule has 0 aromatic carbocycles. The van der Waals surface area contributed by atoms with Gasteiger partial charge >= 0.3 is 95.5 Å². The van der Waals surface area contributed by atoms with E-state index in [0.29, 0.717) is 4.01 Å². The molecule has 1 spiro atoms. The average molecular weight is 329 g/mol. The van der Waals surface area contributed by atoms with E-state index in [4.69, 9.17) is 0 Å². The molecule has 0 saturated carbocycles. The first-order valence-electron chi connectivity index (χ1n) is 8.16. The first-order valence-corrected chi connectivity index (χ1v) is 17.9. The normalized spacial score (nSPS) is 117. The van der Waals surface area contributed by atoms with Crippen LogP contribution in [0.15, 0.2) is 0 Å². The Balaban J connectivity index is 1.56. The van der Waals surface area contributed by atoms with Crippen molar-refractivity contribution in [3.63, 3.8) is 0 Å². The van der Waals surface area contributed by atoms with Crippen LogP contribution in [-0.2, 0) is 12.5 Å². The van der Waals surface area contributed by atoms with Crippen molar-refractivity contribution in [3.8, 4) is 0 Å². The Morgan fingerprint density at radius 3 is 1.94 bits per heavy atom. The molecule has 98 valence electrons. The third-order valence-corrected chi connectivity index (χ3v) is 85.1. The van der Waals surface area contributed by atoms with Gasteiger partial charge in [-0.15, -0.1) is 0 Å². The Morgan fingerprint density at radius 1 is 1.06 bits per heavy atom. The molecule has 0 N–H and O–H groups in total. The van der Waals surface area contributed by atoms with Gasteiger partial charge in [-0.05, 0) is 0 Å². The maximum atomic E-state index is 12.7. The van der Waals surface area contributed by atoms with Gasteiger partial charge in [-0.3, -0.25) is 0 Å². The number of carbonyl (C=O) groups excluding carboxylic acids is 1. The van der Waals surface area contributed by atoms with Crippen LogP contribution in [0.3, 0.4) is 0 Å². The second-order valence-electron chi connectivity index (χ2n) is 11.6. The van der Waals surface area contributed by atoms with E-state index in [1.54, 1.807) is 6.42 Å². The maximum absolute atomic E-state index is 12.7. The molecular weight excluding hydrogens is 309 g/mol. The van der Waals surface area contributed by atoms with Crippen LogP contribution in [0, 0.1) is 0 Å². The number of hydrogen-bond donors (Lipinski definition) is 0. The minimum atomic E-state index is -3.51. The second kappa shape index (κ2) is 0.602. The number of hydrogen-bond acceptors (Lipinski definition) is 1. The van der Waals surface area contributed by atoms with Crippen LogP contribution >= 0.6 is 0 Å². The molecule has 0 radical (unpaired) electrons. The summed E-state index contributed by atoms with van der Waals surface area (Å²) >= 11 is 0. The fourth-order valence-corrected chi connectivity index (χ4v) is 157. The van der Waals surface area contributed by atoms with Gasteiger partial charge in [-0.1, -0.05) is 0 Å². The molecule has 10 saturated heterocycles. The summed E-state index contributed by atoms with van der Waals surface area (Å²) in [6.45, 7) is 4.40. The van der Waals surface area contributed by atoms with Crippen LogP contribution in [0.4, 0.5) is 0 Å². The van der Waals surface area contributed by atoms with Crippen LogP contribution in [0.2, 0.25) is 44.1 Å². The first kappa shape index (κ1) is 7.34. The van der Waals surface area contributed by atoms with E-state index in [2.05, 4.69) is 6.92 Å². The van der Waals surface area contributed by atoms with Gasteiger partial charge in [0, 0.05) is 0 Å². The van der Waals surface area contributed by atoms with Crippen molar-refractivity contribution < 1.29 is 12.5 Å². The van der Waals surface area contributed by atoms with E-state index in [-0.39, 0.29) is 0 Å². The van der Waals surface area contributed by atoms with E-state index in [1.165, 1.54) is 48.9 Å². The third kappa shape index (κ3) is 0.0677. The number of ketones is 1. The van der Waals surface area contributed by atoms with Crippen molar-refractivity contribution in [1.29, 1.82) is 0 Å². The van der Waals surface area contributed by atoms with Crippen molar-refractivity contribution in [2.75, 3.05) is 0 Å². The van der Waals surface area contributed by atoms with Gasteiger partial charge in [0.05, 0.1) is 0 Å². The Kier molecular flexibility index (Phi) is 0.246. The fraction of sp³-hybridized carbons (Fsp3) is 0.938. The number of Topliss-reactive ketones (excluding diaryl/α,β-unsaturated/α-hetero) is 1. The minimum absolute atomic E-state index is 0.534. The Morgan fingerprint density at radius 2 is 1.61 bits per heavy atom. The fourth-order valence-electron chi connectivity index (χ4n) is 19.1. The molecule has 2 heteroatoms. The number of rotatable bonds is 4. The van der Waals surface area contributed by atoms with Gasteiger partial charge in [-0.2, -0.15) is 0 Å². The number of unbranched alkanes of at least 4 members (excludes halogenated alkanes) is 1. The Bertz CT molecular complexity index is 1040. The zero-order valence-electron chi connectivity index (χ0n) is 11.0. The summed E-state index contributed by atoms with van der Waals surface area (Å²) in [5.41, 5.74) is 0. The van der Waals surface area contributed by atoms with Gasteiger partial charge in [-0.25, -0.2) is 0 Å². The standard InChI is InChI=1S/C9H13.C7H7O.Ru/c1-2-3-6-9-7-4-5-8-9;1-6(8)7-4-2-3-5-7;/h4-5,7-8H,2-3,6H2,1H3;2-5H,1H3;. The van der Waals surface area contributed by atoms with E-state index >= 15 is 0 Å². The van der Waals surface area contributed by atoms with Crippen LogP contribution in [0.5, 0.6) is 0 Å². The molecule has 0 aromatic heterocycles. The van der Waals surface area contributed by atoms with Gasteiger partial charge in [0.2, 0.25) is 0 Å². The molecule has 10 aliphatic rings. The average Bonchev–Trinajstić information content (AvgIpc) is 3.28. The van der Waals surface area contributed by atoms with Crippen molar-refractivity contribution >= 4 is 5.78 Å². The van der Waals surface area contributed by atoms with Crippen LogP contribution in [0.25, 0.3) is 0 Å². The summed E-state index contributed by atoms with van der Waals surface area (Å²) in [5.74, 6) is 0.749. The molecule has 1 nitrogen and oxygen atoms in total. The Hall–Kier alpha value is 0.293. The molecule has 0 aliphatic carbocycles. The molecule has 10 rings (SSSR count). The quantitative estimate of drug-likeness (QED) is 0.671. The van der Waals surface area contributed by atoms with Crippen molar-refractivity contribution in [3.05, 3.63) is 0 Å². The molecule has 10 heterocycles. The van der Waals surface area contributed by atoms with E-state index < -0.39 is 7.72 Å². The van der Waals surface area contributed by atoms with E-state index in [0.717, 1.165) is 9.79 Å².